The summed E-state index contributed by atoms with van der Waals surface area (Å²) in [6, 6.07) is 0. The summed E-state index contributed by atoms with van der Waals surface area (Å²) in [4.78, 5) is 24.3. The molecule has 0 fully saturated rings. The number of carbonyl (C=O) groups is 2. The number of ether oxygens (including phenoxy) is 2. The fourth-order valence-electron chi connectivity index (χ4n) is 6.37. The van der Waals surface area contributed by atoms with E-state index in [1.54, 1.807) is 0 Å². The summed E-state index contributed by atoms with van der Waals surface area (Å²) in [7, 11) is 0. The Bertz CT molecular complexity index is 761. The van der Waals surface area contributed by atoms with Gasteiger partial charge in [-0.05, 0) is 64.2 Å². The lowest BCUT2D eigenvalue weighted by molar-refractivity contribution is -0.161. The Morgan fingerprint density at radius 2 is 0.740 bits per heavy atom. The van der Waals surface area contributed by atoms with E-state index in [0.717, 1.165) is 38.5 Å². The number of hydrogen-bond acceptors (Lipinski definition) is 5. The molecule has 0 aliphatic rings. The lowest BCUT2D eigenvalue weighted by atomic mass is 10.1. The lowest BCUT2D eigenvalue weighted by Crippen LogP contribution is -2.28. The lowest BCUT2D eigenvalue weighted by Gasteiger charge is -2.15. The smallest absolute Gasteiger partial charge is 0.306 e. The van der Waals surface area contributed by atoms with Gasteiger partial charge in [0.15, 0.2) is 6.10 Å². The second-order valence-electron chi connectivity index (χ2n) is 14.8. The van der Waals surface area contributed by atoms with Gasteiger partial charge in [-0.15, -0.1) is 0 Å². The Kier molecular flexibility index (Phi) is 40.4. The van der Waals surface area contributed by atoms with Gasteiger partial charge in [-0.25, -0.2) is 0 Å². The summed E-state index contributed by atoms with van der Waals surface area (Å²) in [5.74, 6) is -0.590. The Labute approximate surface area is 311 Å². The van der Waals surface area contributed by atoms with E-state index in [0.29, 0.717) is 12.8 Å². The number of carbonyl (C=O) groups excluding carboxylic acids is 2. The van der Waals surface area contributed by atoms with Gasteiger partial charge in [0.1, 0.15) is 6.61 Å². The number of aliphatic hydroxyl groups excluding tert-OH is 1. The third-order valence-corrected chi connectivity index (χ3v) is 9.72. The highest BCUT2D eigenvalue weighted by molar-refractivity contribution is 5.70. The minimum Gasteiger partial charge on any atom is -0.462 e. The SMILES string of the molecule is CCCCCCCC/C=C/CCCCCCCCCCCC(=O)OC[C@H](CO)OC(=O)CCCCCCCCC/C=C/CCCCCCCC. The van der Waals surface area contributed by atoms with Gasteiger partial charge in [0.05, 0.1) is 6.61 Å². The fraction of sp³-hybridized carbons (Fsp3) is 0.867. The Balaban J connectivity index is 3.51. The van der Waals surface area contributed by atoms with Crippen molar-refractivity contribution in [1.82, 2.24) is 0 Å². The third kappa shape index (κ3) is 39.2. The van der Waals surface area contributed by atoms with Crippen molar-refractivity contribution in [2.24, 2.45) is 0 Å². The van der Waals surface area contributed by atoms with Gasteiger partial charge < -0.3 is 14.6 Å². The van der Waals surface area contributed by atoms with Crippen molar-refractivity contribution in [3.63, 3.8) is 0 Å². The quantitative estimate of drug-likeness (QED) is 0.0390. The Hall–Kier alpha value is -1.62. The van der Waals surface area contributed by atoms with Crippen LogP contribution in [-0.2, 0) is 19.1 Å². The van der Waals surface area contributed by atoms with Crippen molar-refractivity contribution in [2.45, 2.75) is 238 Å². The van der Waals surface area contributed by atoms with E-state index in [-0.39, 0.29) is 25.2 Å². The summed E-state index contributed by atoms with van der Waals surface area (Å²) in [5, 5.41) is 9.58. The first kappa shape index (κ1) is 48.4. The zero-order valence-electron chi connectivity index (χ0n) is 33.4. The maximum Gasteiger partial charge on any atom is 0.306 e. The minimum atomic E-state index is -0.771. The van der Waals surface area contributed by atoms with Crippen LogP contribution in [0.1, 0.15) is 232 Å². The highest BCUT2D eigenvalue weighted by atomic mass is 16.6. The van der Waals surface area contributed by atoms with E-state index >= 15 is 0 Å². The summed E-state index contributed by atoms with van der Waals surface area (Å²) in [6.45, 7) is 4.14. The summed E-state index contributed by atoms with van der Waals surface area (Å²) < 4.78 is 10.6. The average molecular weight is 705 g/mol. The third-order valence-electron chi connectivity index (χ3n) is 9.72. The molecule has 1 N–H and O–H groups in total. The van der Waals surface area contributed by atoms with Crippen LogP contribution in [0.4, 0.5) is 0 Å². The Morgan fingerprint density at radius 1 is 0.440 bits per heavy atom. The van der Waals surface area contributed by atoms with Crippen LogP contribution in [0.3, 0.4) is 0 Å². The average Bonchev–Trinajstić information content (AvgIpc) is 3.12. The van der Waals surface area contributed by atoms with E-state index in [1.165, 1.54) is 167 Å². The summed E-state index contributed by atoms with van der Waals surface area (Å²) >= 11 is 0. The molecule has 0 saturated carbocycles. The first-order valence-electron chi connectivity index (χ1n) is 21.9. The largest absolute Gasteiger partial charge is 0.462 e. The molecule has 0 amide bonds. The zero-order valence-corrected chi connectivity index (χ0v) is 33.4. The molecule has 0 spiro atoms. The molecule has 0 aromatic carbocycles. The zero-order chi connectivity index (χ0) is 36.4. The van der Waals surface area contributed by atoms with Crippen molar-refractivity contribution < 1.29 is 24.2 Å². The molecule has 0 aliphatic heterocycles. The Morgan fingerprint density at radius 3 is 1.08 bits per heavy atom. The van der Waals surface area contributed by atoms with Crippen molar-refractivity contribution in [1.29, 1.82) is 0 Å². The number of rotatable bonds is 40. The van der Waals surface area contributed by atoms with E-state index in [2.05, 4.69) is 38.2 Å². The van der Waals surface area contributed by atoms with Gasteiger partial charge in [-0.3, -0.25) is 9.59 Å². The summed E-state index contributed by atoms with van der Waals surface area (Å²) in [5.41, 5.74) is 0. The molecule has 0 radical (unpaired) electrons. The molecule has 0 aromatic heterocycles. The topological polar surface area (TPSA) is 72.8 Å². The van der Waals surface area contributed by atoms with Crippen LogP contribution in [0, 0.1) is 0 Å². The monoisotopic (exact) mass is 705 g/mol. The van der Waals surface area contributed by atoms with Crippen LogP contribution in [-0.4, -0.2) is 36.4 Å². The van der Waals surface area contributed by atoms with Gasteiger partial charge in [0.2, 0.25) is 0 Å². The molecule has 0 aliphatic carbocycles. The molecular formula is C45H84O5. The number of allylic oxidation sites excluding steroid dienone is 4. The molecule has 5 heteroatoms. The molecular weight excluding hydrogens is 620 g/mol. The maximum absolute atomic E-state index is 12.2. The molecule has 294 valence electrons. The first-order valence-corrected chi connectivity index (χ1v) is 21.9. The standard InChI is InChI=1S/C45H84O5/c1-3-5-7-9-11-13-15-17-19-21-22-24-25-27-29-31-33-35-37-39-44(47)49-42-43(41-46)50-45(48)40-38-36-34-32-30-28-26-23-20-18-16-14-12-10-8-6-4-2/h17-20,43,46H,3-16,21-42H2,1-2H3/b19-17+,20-18+/t43-/m0/s1. The fourth-order valence-corrected chi connectivity index (χ4v) is 6.37. The molecule has 0 unspecified atom stereocenters. The highest BCUT2D eigenvalue weighted by Gasteiger charge is 2.16. The van der Waals surface area contributed by atoms with Crippen molar-refractivity contribution >= 4 is 11.9 Å². The molecule has 5 nitrogen and oxygen atoms in total. The molecule has 0 saturated heterocycles. The van der Waals surface area contributed by atoms with Gasteiger partial charge in [-0.2, -0.15) is 0 Å². The number of aliphatic hydroxyl groups is 1. The normalized spacial score (nSPS) is 12.3. The van der Waals surface area contributed by atoms with Crippen LogP contribution in [0.5, 0.6) is 0 Å². The minimum absolute atomic E-state index is 0.0653. The molecule has 50 heavy (non-hydrogen) atoms. The molecule has 0 aromatic rings. The van der Waals surface area contributed by atoms with Gasteiger partial charge in [0.25, 0.3) is 0 Å². The number of hydrogen-bond donors (Lipinski definition) is 1. The van der Waals surface area contributed by atoms with Crippen molar-refractivity contribution in [3.8, 4) is 0 Å². The van der Waals surface area contributed by atoms with Crippen LogP contribution in [0.25, 0.3) is 0 Å². The predicted molar refractivity (Wildman–Crippen MR) is 215 cm³/mol. The molecule has 0 heterocycles. The van der Waals surface area contributed by atoms with Crippen molar-refractivity contribution in [3.05, 3.63) is 24.3 Å². The first-order chi connectivity index (χ1) is 24.6. The van der Waals surface area contributed by atoms with Crippen LogP contribution in [0.15, 0.2) is 24.3 Å². The van der Waals surface area contributed by atoms with Crippen LogP contribution >= 0.6 is 0 Å². The number of esters is 2. The van der Waals surface area contributed by atoms with E-state index in [1.807, 2.05) is 0 Å². The van der Waals surface area contributed by atoms with Crippen LogP contribution in [0.2, 0.25) is 0 Å². The van der Waals surface area contributed by atoms with E-state index in [9.17, 15) is 14.7 Å². The molecule has 1 atom stereocenters. The van der Waals surface area contributed by atoms with E-state index in [4.69, 9.17) is 9.47 Å². The van der Waals surface area contributed by atoms with Gasteiger partial charge in [-0.1, -0.05) is 179 Å². The van der Waals surface area contributed by atoms with Crippen molar-refractivity contribution in [2.75, 3.05) is 13.2 Å². The second kappa shape index (κ2) is 41.8. The summed E-state index contributed by atoms with van der Waals surface area (Å²) in [6.07, 6.45) is 49.6. The van der Waals surface area contributed by atoms with E-state index < -0.39 is 6.10 Å². The maximum atomic E-state index is 12.2. The van der Waals surface area contributed by atoms with Crippen LogP contribution < -0.4 is 0 Å². The predicted octanol–water partition coefficient (Wildman–Crippen LogP) is 13.8. The molecule has 0 rings (SSSR count). The van der Waals surface area contributed by atoms with Gasteiger partial charge >= 0.3 is 11.9 Å². The second-order valence-corrected chi connectivity index (χ2v) is 14.8. The highest BCUT2D eigenvalue weighted by Crippen LogP contribution is 2.14. The molecule has 0 bridgehead atoms. The number of unbranched alkanes of at least 4 members (excludes halogenated alkanes) is 28. The van der Waals surface area contributed by atoms with Gasteiger partial charge in [0, 0.05) is 12.8 Å².